The predicted molar refractivity (Wildman–Crippen MR) is 61.6 cm³/mol. The Morgan fingerprint density at radius 1 is 1.53 bits per heavy atom. The molecule has 15 heavy (non-hydrogen) atoms. The summed E-state index contributed by atoms with van der Waals surface area (Å²) < 4.78 is 0. The standard InChI is InChI=1S/C11H23N3O/c1-4-6-14-7-5-9(2)13(3)10(8-12)11(14)15/h9-10H,4-8,12H2,1-3H3. The molecule has 1 rings (SSSR count). The normalized spacial score (nSPS) is 29.3. The van der Waals surface area contributed by atoms with E-state index in [0.29, 0.717) is 12.6 Å². The molecule has 0 aromatic rings. The molecule has 1 saturated heterocycles. The lowest BCUT2D eigenvalue weighted by Crippen LogP contribution is -2.50. The summed E-state index contributed by atoms with van der Waals surface area (Å²) in [7, 11) is 2.00. The maximum atomic E-state index is 12.1. The predicted octanol–water partition coefficient (Wildman–Crippen LogP) is 0.276. The third-order valence-corrected chi connectivity index (χ3v) is 3.32. The van der Waals surface area contributed by atoms with E-state index in [1.807, 2.05) is 11.9 Å². The van der Waals surface area contributed by atoms with Crippen molar-refractivity contribution in [3.05, 3.63) is 0 Å². The van der Waals surface area contributed by atoms with Crippen LogP contribution in [0.3, 0.4) is 0 Å². The molecule has 2 unspecified atom stereocenters. The molecule has 2 N–H and O–H groups in total. The number of hydrogen-bond acceptors (Lipinski definition) is 3. The Balaban J connectivity index is 2.77. The molecule has 1 amide bonds. The highest BCUT2D eigenvalue weighted by Gasteiger charge is 2.32. The largest absolute Gasteiger partial charge is 0.341 e. The van der Waals surface area contributed by atoms with Crippen molar-refractivity contribution in [3.63, 3.8) is 0 Å². The zero-order chi connectivity index (χ0) is 11.4. The average molecular weight is 213 g/mol. The quantitative estimate of drug-likeness (QED) is 0.732. The first-order valence-electron chi connectivity index (χ1n) is 5.82. The molecule has 88 valence electrons. The van der Waals surface area contributed by atoms with Gasteiger partial charge in [0, 0.05) is 25.7 Å². The fraction of sp³-hybridized carbons (Fsp3) is 0.909. The van der Waals surface area contributed by atoms with E-state index >= 15 is 0 Å². The number of rotatable bonds is 3. The van der Waals surface area contributed by atoms with E-state index in [4.69, 9.17) is 5.73 Å². The van der Waals surface area contributed by atoms with E-state index < -0.39 is 0 Å². The first-order valence-corrected chi connectivity index (χ1v) is 5.82. The van der Waals surface area contributed by atoms with Crippen molar-refractivity contribution >= 4 is 5.91 Å². The monoisotopic (exact) mass is 213 g/mol. The van der Waals surface area contributed by atoms with Crippen LogP contribution in [0.2, 0.25) is 0 Å². The molecule has 0 radical (unpaired) electrons. The van der Waals surface area contributed by atoms with Gasteiger partial charge in [-0.3, -0.25) is 9.69 Å². The van der Waals surface area contributed by atoms with Crippen LogP contribution in [0.25, 0.3) is 0 Å². The number of likely N-dealkylation sites (N-methyl/N-ethyl adjacent to an activating group) is 1. The van der Waals surface area contributed by atoms with Crippen LogP contribution in [-0.2, 0) is 4.79 Å². The van der Waals surface area contributed by atoms with Gasteiger partial charge in [-0.15, -0.1) is 0 Å². The van der Waals surface area contributed by atoms with Crippen LogP contribution in [0.1, 0.15) is 26.7 Å². The highest BCUT2D eigenvalue weighted by Crippen LogP contribution is 2.15. The number of carbonyl (C=O) groups excluding carboxylic acids is 1. The molecular weight excluding hydrogens is 190 g/mol. The van der Waals surface area contributed by atoms with Crippen LogP contribution in [0.5, 0.6) is 0 Å². The van der Waals surface area contributed by atoms with Crippen LogP contribution in [-0.4, -0.2) is 54.5 Å². The molecule has 4 nitrogen and oxygen atoms in total. The van der Waals surface area contributed by atoms with Gasteiger partial charge in [-0.1, -0.05) is 6.92 Å². The van der Waals surface area contributed by atoms with Gasteiger partial charge in [0.15, 0.2) is 0 Å². The SMILES string of the molecule is CCCN1CCC(C)N(C)C(CN)C1=O. The highest BCUT2D eigenvalue weighted by molar-refractivity contribution is 5.82. The Morgan fingerprint density at radius 3 is 2.73 bits per heavy atom. The molecule has 0 aliphatic carbocycles. The third kappa shape index (κ3) is 2.69. The van der Waals surface area contributed by atoms with E-state index in [0.717, 1.165) is 25.9 Å². The number of carbonyl (C=O) groups is 1. The van der Waals surface area contributed by atoms with Crippen molar-refractivity contribution in [3.8, 4) is 0 Å². The Morgan fingerprint density at radius 2 is 2.20 bits per heavy atom. The van der Waals surface area contributed by atoms with E-state index in [1.54, 1.807) is 0 Å². The van der Waals surface area contributed by atoms with Crippen LogP contribution in [0.15, 0.2) is 0 Å². The second-order valence-electron chi connectivity index (χ2n) is 4.38. The van der Waals surface area contributed by atoms with Gasteiger partial charge in [0.1, 0.15) is 6.04 Å². The molecule has 0 aromatic heterocycles. The lowest BCUT2D eigenvalue weighted by atomic mass is 10.2. The zero-order valence-corrected chi connectivity index (χ0v) is 10.1. The summed E-state index contributed by atoms with van der Waals surface area (Å²) in [4.78, 5) is 16.2. The van der Waals surface area contributed by atoms with Crippen molar-refractivity contribution in [2.45, 2.75) is 38.8 Å². The number of nitrogens with zero attached hydrogens (tertiary/aromatic N) is 2. The van der Waals surface area contributed by atoms with Crippen LogP contribution in [0, 0.1) is 0 Å². The molecule has 0 spiro atoms. The smallest absolute Gasteiger partial charge is 0.241 e. The third-order valence-electron chi connectivity index (χ3n) is 3.32. The van der Waals surface area contributed by atoms with Gasteiger partial charge in [-0.25, -0.2) is 0 Å². The summed E-state index contributed by atoms with van der Waals surface area (Å²) >= 11 is 0. The van der Waals surface area contributed by atoms with Crippen molar-refractivity contribution < 1.29 is 4.79 Å². The molecule has 1 heterocycles. The van der Waals surface area contributed by atoms with Crippen LogP contribution < -0.4 is 5.73 Å². The minimum Gasteiger partial charge on any atom is -0.341 e. The van der Waals surface area contributed by atoms with Gasteiger partial charge in [0.05, 0.1) is 0 Å². The Labute approximate surface area is 92.4 Å². The summed E-state index contributed by atoms with van der Waals surface area (Å²) in [6.07, 6.45) is 2.06. The number of nitrogens with two attached hydrogens (primary N) is 1. The molecular formula is C11H23N3O. The molecule has 1 aliphatic heterocycles. The first-order chi connectivity index (χ1) is 7.11. The first kappa shape index (κ1) is 12.5. The van der Waals surface area contributed by atoms with Gasteiger partial charge in [-0.2, -0.15) is 0 Å². The summed E-state index contributed by atoms with van der Waals surface area (Å²) in [6.45, 7) is 6.40. The van der Waals surface area contributed by atoms with Crippen molar-refractivity contribution in [2.75, 3.05) is 26.7 Å². The lowest BCUT2D eigenvalue weighted by molar-refractivity contribution is -0.135. The number of hydrogen-bond donors (Lipinski definition) is 1. The van der Waals surface area contributed by atoms with Gasteiger partial charge >= 0.3 is 0 Å². The minimum absolute atomic E-state index is 0.131. The molecule has 0 bridgehead atoms. The van der Waals surface area contributed by atoms with E-state index in [1.165, 1.54) is 0 Å². The molecule has 2 atom stereocenters. The maximum absolute atomic E-state index is 12.1. The molecule has 1 aliphatic rings. The van der Waals surface area contributed by atoms with Gasteiger partial charge < -0.3 is 10.6 Å². The summed E-state index contributed by atoms with van der Waals surface area (Å²) in [5, 5.41) is 0. The summed E-state index contributed by atoms with van der Waals surface area (Å²) in [6, 6.07) is 0.304. The van der Waals surface area contributed by atoms with Crippen molar-refractivity contribution in [2.24, 2.45) is 5.73 Å². The lowest BCUT2D eigenvalue weighted by Gasteiger charge is -2.29. The average Bonchev–Trinajstić information content (AvgIpc) is 2.32. The Kier molecular flexibility index (Phi) is 4.54. The summed E-state index contributed by atoms with van der Waals surface area (Å²) in [5.41, 5.74) is 5.68. The van der Waals surface area contributed by atoms with Gasteiger partial charge in [-0.05, 0) is 26.8 Å². The Hall–Kier alpha value is -0.610. The van der Waals surface area contributed by atoms with Gasteiger partial charge in [0.25, 0.3) is 0 Å². The minimum atomic E-state index is -0.131. The molecule has 0 saturated carbocycles. The Bertz CT molecular complexity index is 220. The van der Waals surface area contributed by atoms with Crippen molar-refractivity contribution in [1.82, 2.24) is 9.80 Å². The van der Waals surface area contributed by atoms with E-state index in [2.05, 4.69) is 18.7 Å². The maximum Gasteiger partial charge on any atom is 0.241 e. The van der Waals surface area contributed by atoms with Gasteiger partial charge in [0.2, 0.25) is 5.91 Å². The number of amides is 1. The van der Waals surface area contributed by atoms with E-state index in [-0.39, 0.29) is 11.9 Å². The second-order valence-corrected chi connectivity index (χ2v) is 4.38. The molecule has 1 fully saturated rings. The topological polar surface area (TPSA) is 49.6 Å². The fourth-order valence-corrected chi connectivity index (χ4v) is 2.11. The molecule has 4 heteroatoms. The second kappa shape index (κ2) is 5.47. The van der Waals surface area contributed by atoms with Crippen molar-refractivity contribution in [1.29, 1.82) is 0 Å². The van der Waals surface area contributed by atoms with Crippen LogP contribution in [0.4, 0.5) is 0 Å². The molecule has 0 aromatic carbocycles. The van der Waals surface area contributed by atoms with E-state index in [9.17, 15) is 4.79 Å². The summed E-state index contributed by atoms with van der Waals surface area (Å²) in [5.74, 6) is 0.200. The zero-order valence-electron chi connectivity index (χ0n) is 10.1. The van der Waals surface area contributed by atoms with Crippen LogP contribution >= 0.6 is 0 Å². The fourth-order valence-electron chi connectivity index (χ4n) is 2.11. The highest BCUT2D eigenvalue weighted by atomic mass is 16.2.